The van der Waals surface area contributed by atoms with Crippen molar-refractivity contribution in [3.05, 3.63) is 69.9 Å². The topological polar surface area (TPSA) is 66.1 Å². The Labute approximate surface area is 188 Å². The van der Waals surface area contributed by atoms with Crippen LogP contribution in [-0.4, -0.2) is 47.1 Å². The highest BCUT2D eigenvalue weighted by molar-refractivity contribution is 7.71. The zero-order valence-electron chi connectivity index (χ0n) is 18.8. The van der Waals surface area contributed by atoms with E-state index in [1.54, 1.807) is 18.2 Å². The largest absolute Gasteiger partial charge is 0.318 e. The van der Waals surface area contributed by atoms with Gasteiger partial charge in [-0.15, -0.1) is 0 Å². The van der Waals surface area contributed by atoms with Crippen molar-refractivity contribution in [3.63, 3.8) is 0 Å². The van der Waals surface area contributed by atoms with E-state index in [1.165, 1.54) is 6.07 Å². The number of rotatable bonds is 7. The lowest BCUT2D eigenvalue weighted by Crippen LogP contribution is -2.40. The van der Waals surface area contributed by atoms with Crippen LogP contribution in [0.1, 0.15) is 37.9 Å². The number of halogens is 1. The minimum absolute atomic E-state index is 0.228. The van der Waals surface area contributed by atoms with Crippen molar-refractivity contribution in [2.75, 3.05) is 32.0 Å². The maximum Gasteiger partial charge on any atom is 0.272 e. The fraction of sp³-hybridized carbons (Fsp3) is 0.440. The molecule has 0 saturated carbocycles. The number of nitrogens with zero attached hydrogens (tertiary/aromatic N) is 2. The molecule has 1 saturated heterocycles. The summed E-state index contributed by atoms with van der Waals surface area (Å²) in [5.74, 6) is 0.275. The van der Waals surface area contributed by atoms with Crippen LogP contribution in [0.15, 0.2) is 47.3 Å². The van der Waals surface area contributed by atoms with E-state index < -0.39 is 7.14 Å². The predicted octanol–water partition coefficient (Wildman–Crippen LogP) is 4.39. The maximum absolute atomic E-state index is 14.8. The van der Waals surface area contributed by atoms with E-state index in [2.05, 4.69) is 28.9 Å². The molecule has 2 aromatic carbocycles. The molecule has 3 aromatic rings. The van der Waals surface area contributed by atoms with Gasteiger partial charge in [-0.05, 0) is 29.7 Å². The molecule has 1 aliphatic heterocycles. The highest BCUT2D eigenvalue weighted by Gasteiger charge is 2.33. The summed E-state index contributed by atoms with van der Waals surface area (Å²) in [5, 5.41) is 8.51. The fourth-order valence-electron chi connectivity index (χ4n) is 4.65. The number of aromatic nitrogens is 2. The molecule has 170 valence electrons. The first-order chi connectivity index (χ1) is 15.4. The quantitative estimate of drug-likeness (QED) is 0.537. The molecule has 0 spiro atoms. The number of nitrogens with one attached hydrogen (secondary N) is 1. The molecule has 7 heteroatoms. The third kappa shape index (κ3) is 4.72. The van der Waals surface area contributed by atoms with Crippen LogP contribution in [0.3, 0.4) is 0 Å². The first kappa shape index (κ1) is 22.9. The van der Waals surface area contributed by atoms with Crippen molar-refractivity contribution < 1.29 is 8.96 Å². The van der Waals surface area contributed by atoms with Gasteiger partial charge in [-0.1, -0.05) is 51.0 Å². The van der Waals surface area contributed by atoms with Crippen LogP contribution in [0.4, 0.5) is 4.39 Å². The summed E-state index contributed by atoms with van der Waals surface area (Å²) in [4.78, 5) is 14.4. The summed E-state index contributed by atoms with van der Waals surface area (Å²) in [6.07, 6.45) is 3.77. The minimum atomic E-state index is -2.78. The molecule has 5 nitrogen and oxygen atoms in total. The van der Waals surface area contributed by atoms with Crippen LogP contribution in [0.2, 0.25) is 0 Å². The molecule has 2 heterocycles. The van der Waals surface area contributed by atoms with Gasteiger partial charge >= 0.3 is 0 Å². The predicted molar refractivity (Wildman–Crippen MR) is 129 cm³/mol. The maximum atomic E-state index is 14.8. The van der Waals surface area contributed by atoms with Crippen LogP contribution in [-0.2, 0) is 11.0 Å². The highest BCUT2D eigenvalue weighted by Crippen LogP contribution is 2.47. The summed E-state index contributed by atoms with van der Waals surface area (Å²) >= 11 is 0. The zero-order chi connectivity index (χ0) is 22.7. The van der Waals surface area contributed by atoms with E-state index in [0.717, 1.165) is 49.1 Å². The van der Waals surface area contributed by atoms with Gasteiger partial charge in [-0.3, -0.25) is 4.79 Å². The van der Waals surface area contributed by atoms with Gasteiger partial charge in [0.2, 0.25) is 0 Å². The lowest BCUT2D eigenvalue weighted by atomic mass is 10.0. The van der Waals surface area contributed by atoms with E-state index in [1.807, 2.05) is 18.2 Å². The Kier molecular flexibility index (Phi) is 6.92. The molecule has 32 heavy (non-hydrogen) atoms. The minimum Gasteiger partial charge on any atom is -0.318 e. The van der Waals surface area contributed by atoms with Gasteiger partial charge in [0.15, 0.2) is 0 Å². The van der Waals surface area contributed by atoms with Crippen LogP contribution >= 0.6 is 7.14 Å². The smallest absolute Gasteiger partial charge is 0.272 e. The fourth-order valence-corrected chi connectivity index (χ4v) is 7.43. The van der Waals surface area contributed by atoms with Crippen LogP contribution < -0.4 is 10.9 Å². The zero-order valence-corrected chi connectivity index (χ0v) is 19.7. The molecule has 0 atom stereocenters. The van der Waals surface area contributed by atoms with E-state index in [-0.39, 0.29) is 11.4 Å². The van der Waals surface area contributed by atoms with Crippen molar-refractivity contribution in [1.82, 2.24) is 15.1 Å². The van der Waals surface area contributed by atoms with Crippen molar-refractivity contribution in [2.45, 2.75) is 33.1 Å². The number of hydrogen-bond acceptors (Lipinski definition) is 4. The molecule has 1 N–H and O–H groups in total. The Morgan fingerprint density at radius 3 is 2.47 bits per heavy atom. The summed E-state index contributed by atoms with van der Waals surface area (Å²) in [6.45, 7) is 6.96. The summed E-state index contributed by atoms with van der Waals surface area (Å²) in [7, 11) is -2.78. The van der Waals surface area contributed by atoms with Crippen molar-refractivity contribution in [2.24, 2.45) is 5.92 Å². The molecule has 1 fully saturated rings. The average Bonchev–Trinajstić information content (AvgIpc) is 2.82. The normalized spacial score (nSPS) is 16.6. The second-order valence-corrected chi connectivity index (χ2v) is 12.0. The number of aromatic amines is 1. The van der Waals surface area contributed by atoms with Crippen molar-refractivity contribution in [3.8, 4) is 0 Å². The van der Waals surface area contributed by atoms with E-state index in [9.17, 15) is 13.8 Å². The van der Waals surface area contributed by atoms with Gasteiger partial charge in [0.1, 0.15) is 13.0 Å². The Balaban J connectivity index is 1.56. The van der Waals surface area contributed by atoms with Gasteiger partial charge in [0.25, 0.3) is 5.56 Å². The molecule has 1 aromatic heterocycles. The molecule has 0 bridgehead atoms. The lowest BCUT2D eigenvalue weighted by Gasteiger charge is -2.34. The van der Waals surface area contributed by atoms with Gasteiger partial charge in [-0.25, -0.2) is 9.49 Å². The van der Waals surface area contributed by atoms with Gasteiger partial charge in [0.05, 0.1) is 11.1 Å². The first-order valence-corrected chi connectivity index (χ1v) is 13.6. The van der Waals surface area contributed by atoms with Crippen LogP contribution in [0.5, 0.6) is 0 Å². The molecule has 0 amide bonds. The molecule has 0 radical (unpaired) electrons. The third-order valence-electron chi connectivity index (χ3n) is 6.82. The number of benzene rings is 2. The summed E-state index contributed by atoms with van der Waals surface area (Å²) in [5.41, 5.74) is 1.34. The molecule has 0 unspecified atom stereocenters. The Hall–Kier alpha value is -2.30. The monoisotopic (exact) mass is 455 g/mol. The summed E-state index contributed by atoms with van der Waals surface area (Å²) < 4.78 is 28.6. The van der Waals surface area contributed by atoms with E-state index >= 15 is 0 Å². The molecule has 1 aliphatic rings. The summed E-state index contributed by atoms with van der Waals surface area (Å²) in [6, 6.07) is 12.2. The lowest BCUT2D eigenvalue weighted by molar-refractivity contribution is 0.239. The molecule has 4 rings (SSSR count). The van der Waals surface area contributed by atoms with Crippen LogP contribution in [0, 0.1) is 11.7 Å². The number of hydrogen-bond donors (Lipinski definition) is 1. The van der Waals surface area contributed by atoms with Gasteiger partial charge in [-0.2, -0.15) is 5.10 Å². The van der Waals surface area contributed by atoms with Crippen molar-refractivity contribution in [1.29, 1.82) is 0 Å². The average molecular weight is 456 g/mol. The standard InChI is InChI=1S/C25H31FN3O2P/c1-3-18(4-2)17-29-11-13-32(31,14-12-29)24-16-19(9-10-22(24)26)15-23-20-7-5-6-8-21(20)25(30)28-27-23/h5-10,16,18H,3-4,11-15,17H2,1-2H3,(H,28,30). The van der Waals surface area contributed by atoms with Gasteiger partial charge in [0, 0.05) is 49.1 Å². The third-order valence-corrected chi connectivity index (χ3v) is 9.89. The highest BCUT2D eigenvalue weighted by atomic mass is 31.2. The van der Waals surface area contributed by atoms with Crippen molar-refractivity contribution >= 4 is 23.2 Å². The molecular formula is C25H31FN3O2P. The molecular weight excluding hydrogens is 424 g/mol. The van der Waals surface area contributed by atoms with Crippen LogP contribution in [0.25, 0.3) is 10.8 Å². The van der Waals surface area contributed by atoms with Gasteiger partial charge < -0.3 is 9.46 Å². The molecule has 0 aliphatic carbocycles. The second-order valence-electron chi connectivity index (χ2n) is 8.83. The van der Waals surface area contributed by atoms with E-state index in [4.69, 9.17) is 0 Å². The SMILES string of the molecule is CCC(CC)CN1CCP(=O)(c2cc(Cc3n[nH]c(=O)c4ccccc34)ccc2F)CC1. The number of H-pyrrole nitrogens is 1. The Morgan fingerprint density at radius 2 is 1.78 bits per heavy atom. The number of fused-ring (bicyclic) bond motifs is 1. The Bertz CT molecular complexity index is 1190. The second kappa shape index (κ2) is 9.68. The first-order valence-electron chi connectivity index (χ1n) is 11.5. The Morgan fingerprint density at radius 1 is 1.09 bits per heavy atom. The van der Waals surface area contributed by atoms with E-state index in [0.29, 0.717) is 35.4 Å².